The van der Waals surface area contributed by atoms with E-state index in [0.717, 1.165) is 12.7 Å². The van der Waals surface area contributed by atoms with Crippen LogP contribution in [0.5, 0.6) is 0 Å². The van der Waals surface area contributed by atoms with Gasteiger partial charge >= 0.3 is 0 Å². The Balaban J connectivity index is 0. The molecule has 20 heavy (non-hydrogen) atoms. The number of nitrogens with zero attached hydrogens (tertiary/aromatic N) is 4. The van der Waals surface area contributed by atoms with Crippen molar-refractivity contribution >= 4 is 12.7 Å². The van der Waals surface area contributed by atoms with Gasteiger partial charge in [-0.15, -0.1) is 10.2 Å². The molecule has 110 valence electrons. The molecular weight excluding hydrogens is 256 g/mol. The van der Waals surface area contributed by atoms with E-state index in [-0.39, 0.29) is 0 Å². The third-order valence-corrected chi connectivity index (χ3v) is 2.58. The molecule has 0 radical (unpaired) electrons. The summed E-state index contributed by atoms with van der Waals surface area (Å²) in [4.78, 5) is 0. The number of benzene rings is 1. The van der Waals surface area contributed by atoms with Gasteiger partial charge in [0.2, 0.25) is 0 Å². The van der Waals surface area contributed by atoms with Crippen molar-refractivity contribution in [2.75, 3.05) is 0 Å². The van der Waals surface area contributed by atoms with Crippen LogP contribution in [-0.4, -0.2) is 12.7 Å². The van der Waals surface area contributed by atoms with Crippen molar-refractivity contribution in [2.45, 2.75) is 27.7 Å². The summed E-state index contributed by atoms with van der Waals surface area (Å²) in [7, 11) is 0. The maximum atomic E-state index is 6.00. The zero-order valence-corrected chi connectivity index (χ0v) is 12.3. The molecule has 6 N–H and O–H groups in total. The van der Waals surface area contributed by atoms with Crippen molar-refractivity contribution in [3.8, 4) is 0 Å². The molecule has 0 unspecified atom stereocenters. The smallest absolute Gasteiger partial charge is 0.156 e. The van der Waals surface area contributed by atoms with Crippen molar-refractivity contribution in [2.24, 2.45) is 32.1 Å². The summed E-state index contributed by atoms with van der Waals surface area (Å²) in [5.41, 5.74) is 17.6. The van der Waals surface area contributed by atoms with Gasteiger partial charge in [-0.1, -0.05) is 12.1 Å². The predicted octanol–water partition coefficient (Wildman–Crippen LogP) is 2.76. The Morgan fingerprint density at radius 3 is 1.25 bits per heavy atom. The van der Waals surface area contributed by atoms with Crippen LogP contribution >= 0.6 is 0 Å². The average Bonchev–Trinajstić information content (AvgIpc) is 2.44. The zero-order valence-electron chi connectivity index (χ0n) is 12.3. The molecule has 0 heterocycles. The van der Waals surface area contributed by atoms with Gasteiger partial charge in [-0.3, -0.25) is 0 Å². The molecule has 0 bridgehead atoms. The highest BCUT2D eigenvalue weighted by molar-refractivity contribution is 5.53. The molecule has 0 aliphatic rings. The van der Waals surface area contributed by atoms with E-state index in [1.807, 2.05) is 0 Å². The molecule has 0 fully saturated rings. The number of hydrazone groups is 2. The third kappa shape index (κ3) is 9.40. The van der Waals surface area contributed by atoms with Crippen LogP contribution in [-0.2, 0) is 0 Å². The van der Waals surface area contributed by atoms with E-state index in [0.29, 0.717) is 0 Å². The Hall–Kier alpha value is -2.64. The van der Waals surface area contributed by atoms with Crippen LogP contribution in [0.15, 0.2) is 32.6 Å². The van der Waals surface area contributed by atoms with Crippen molar-refractivity contribution in [1.82, 2.24) is 0 Å². The second-order valence-electron chi connectivity index (χ2n) is 3.74. The minimum absolute atomic E-state index is 0.944. The molecule has 0 aliphatic carbocycles. The molecule has 0 spiro atoms. The fourth-order valence-electron chi connectivity index (χ4n) is 1.16. The van der Waals surface area contributed by atoms with E-state index in [9.17, 15) is 0 Å². The van der Waals surface area contributed by atoms with E-state index in [1.54, 1.807) is 0 Å². The van der Waals surface area contributed by atoms with Crippen LogP contribution in [0.25, 0.3) is 0 Å². The molecular formula is C12H22N8. The first kappa shape index (κ1) is 19.7. The average molecular weight is 278 g/mol. The SMILES string of the molecule is Cc1ccc(C)c(C)c1C.N=NC=NN.N=NC=NN. The quantitative estimate of drug-likeness (QED) is 0.216. The Morgan fingerprint density at radius 1 is 0.800 bits per heavy atom. The molecule has 0 atom stereocenters. The van der Waals surface area contributed by atoms with Gasteiger partial charge < -0.3 is 11.7 Å². The molecule has 1 rings (SSSR count). The highest BCUT2D eigenvalue weighted by Crippen LogP contribution is 2.15. The van der Waals surface area contributed by atoms with E-state index in [1.165, 1.54) is 22.3 Å². The molecule has 0 amide bonds. The van der Waals surface area contributed by atoms with Crippen LogP contribution in [0.4, 0.5) is 0 Å². The van der Waals surface area contributed by atoms with Gasteiger partial charge in [0.25, 0.3) is 0 Å². The highest BCUT2D eigenvalue weighted by Gasteiger charge is 1.97. The van der Waals surface area contributed by atoms with Crippen LogP contribution in [0, 0.1) is 38.8 Å². The van der Waals surface area contributed by atoms with E-state index in [2.05, 4.69) is 71.9 Å². The summed E-state index contributed by atoms with van der Waals surface area (Å²) in [6.07, 6.45) is 1.89. The predicted molar refractivity (Wildman–Crippen MR) is 81.0 cm³/mol. The Labute approximate surface area is 119 Å². The molecule has 0 aromatic heterocycles. The Kier molecular flexibility index (Phi) is 12.6. The number of rotatable bonds is 2. The molecule has 8 nitrogen and oxygen atoms in total. The summed E-state index contributed by atoms with van der Waals surface area (Å²) < 4.78 is 0. The molecule has 1 aromatic rings. The van der Waals surface area contributed by atoms with Gasteiger partial charge in [0.1, 0.15) is 0 Å². The summed E-state index contributed by atoms with van der Waals surface area (Å²) in [5.74, 6) is 8.99. The first-order chi connectivity index (χ1) is 9.45. The van der Waals surface area contributed by atoms with Gasteiger partial charge in [0, 0.05) is 0 Å². The van der Waals surface area contributed by atoms with Crippen LogP contribution in [0.3, 0.4) is 0 Å². The van der Waals surface area contributed by atoms with Crippen LogP contribution < -0.4 is 11.7 Å². The molecule has 8 heteroatoms. The van der Waals surface area contributed by atoms with Gasteiger partial charge in [-0.2, -0.15) is 10.2 Å². The van der Waals surface area contributed by atoms with Crippen molar-refractivity contribution in [3.63, 3.8) is 0 Å². The van der Waals surface area contributed by atoms with Gasteiger partial charge in [0.05, 0.1) is 0 Å². The molecule has 0 saturated carbocycles. The van der Waals surface area contributed by atoms with Crippen LogP contribution in [0.1, 0.15) is 22.3 Å². The fourth-order valence-corrected chi connectivity index (χ4v) is 1.16. The number of hydrogen-bond acceptors (Lipinski definition) is 6. The zero-order chi connectivity index (χ0) is 16.0. The lowest BCUT2D eigenvalue weighted by Gasteiger charge is -2.06. The summed E-state index contributed by atoms with van der Waals surface area (Å²) >= 11 is 0. The molecule has 0 saturated heterocycles. The largest absolute Gasteiger partial charge is 0.322 e. The molecule has 1 aromatic carbocycles. The first-order valence-corrected chi connectivity index (χ1v) is 5.66. The second-order valence-corrected chi connectivity index (χ2v) is 3.74. The highest BCUT2D eigenvalue weighted by atomic mass is 15.2. The van der Waals surface area contributed by atoms with E-state index in [4.69, 9.17) is 11.1 Å². The topological polar surface area (TPSA) is 149 Å². The first-order valence-electron chi connectivity index (χ1n) is 5.66. The number of nitrogens with two attached hydrogens (primary N) is 2. The maximum absolute atomic E-state index is 6.00. The Bertz CT molecular complexity index is 422. The van der Waals surface area contributed by atoms with Crippen molar-refractivity contribution in [1.29, 1.82) is 11.1 Å². The van der Waals surface area contributed by atoms with Crippen LogP contribution in [0.2, 0.25) is 0 Å². The number of hydrogen-bond donors (Lipinski definition) is 4. The van der Waals surface area contributed by atoms with Gasteiger partial charge in [-0.25, -0.2) is 11.1 Å². The van der Waals surface area contributed by atoms with Crippen molar-refractivity contribution < 1.29 is 0 Å². The summed E-state index contributed by atoms with van der Waals surface area (Å²) in [6, 6.07) is 4.36. The van der Waals surface area contributed by atoms with E-state index >= 15 is 0 Å². The lowest BCUT2D eigenvalue weighted by Crippen LogP contribution is -1.88. The fraction of sp³-hybridized carbons (Fsp3) is 0.333. The monoisotopic (exact) mass is 278 g/mol. The van der Waals surface area contributed by atoms with Crippen molar-refractivity contribution in [3.05, 3.63) is 34.4 Å². The summed E-state index contributed by atoms with van der Waals surface area (Å²) in [5, 5.41) is 11.1. The molecule has 0 aliphatic heterocycles. The van der Waals surface area contributed by atoms with E-state index < -0.39 is 0 Å². The lowest BCUT2D eigenvalue weighted by atomic mass is 10.0. The lowest BCUT2D eigenvalue weighted by molar-refractivity contribution is 1.17. The minimum atomic E-state index is 0.944. The minimum Gasteiger partial charge on any atom is -0.322 e. The van der Waals surface area contributed by atoms with Gasteiger partial charge in [0.15, 0.2) is 12.7 Å². The third-order valence-electron chi connectivity index (χ3n) is 2.58. The normalized spacial score (nSPS) is 9.40. The maximum Gasteiger partial charge on any atom is 0.156 e. The summed E-state index contributed by atoms with van der Waals surface area (Å²) in [6.45, 7) is 8.67. The standard InChI is InChI=1S/C10H14.2CH4N4/c1-7-5-6-8(2)10(4)9(7)3;2*2-4-1-5-3/h5-6H,1-4H3;2*1-2H,3H2. The number of nitrogens with one attached hydrogen (secondary N) is 2. The van der Waals surface area contributed by atoms with Gasteiger partial charge in [-0.05, 0) is 49.9 Å². The second kappa shape index (κ2) is 12.8. The number of aryl methyl sites for hydroxylation is 2. The Morgan fingerprint density at radius 2 is 1.10 bits per heavy atom.